The molecule has 2 aromatic heterocycles. The average molecular weight is 272 g/mol. The van der Waals surface area contributed by atoms with Crippen molar-refractivity contribution >= 4 is 11.4 Å². The Kier molecular flexibility index (Phi) is 2.53. The van der Waals surface area contributed by atoms with E-state index in [1.165, 1.54) is 0 Å². The van der Waals surface area contributed by atoms with Crippen molar-refractivity contribution in [1.29, 1.82) is 0 Å². The van der Waals surface area contributed by atoms with Crippen LogP contribution in [0, 0.1) is 11.8 Å². The molecule has 2 fully saturated rings. The fourth-order valence-corrected chi connectivity index (χ4v) is 3.57. The first-order valence-corrected chi connectivity index (χ1v) is 6.99. The number of nitrogens with zero attached hydrogens (tertiary/aromatic N) is 4. The molecule has 1 N–H and O–H groups in total. The molecule has 4 rings (SSSR count). The monoisotopic (exact) mass is 272 g/mol. The molecular formula is C14H16N4O2. The van der Waals surface area contributed by atoms with E-state index >= 15 is 0 Å². The molecule has 0 bridgehead atoms. The molecule has 6 heteroatoms. The Morgan fingerprint density at radius 3 is 3.05 bits per heavy atom. The van der Waals surface area contributed by atoms with Crippen LogP contribution < -0.4 is 0 Å². The van der Waals surface area contributed by atoms with Crippen molar-refractivity contribution in [2.24, 2.45) is 11.8 Å². The van der Waals surface area contributed by atoms with Gasteiger partial charge in [-0.05, 0) is 18.8 Å². The maximum absolute atomic E-state index is 12.6. The van der Waals surface area contributed by atoms with E-state index < -0.39 is 0 Å². The van der Waals surface area contributed by atoms with Gasteiger partial charge in [-0.2, -0.15) is 5.10 Å². The number of aromatic nitrogens is 3. The molecule has 0 radical (unpaired) electrons. The standard InChI is InChI=1S/C14H16N4O2/c19-13-2-1-9-7-17(8-11(9)13)14(20)10-5-16-18-4-3-15-6-12(10)18/h3-6,9,11,13,19H,1-2,7-8H2. The van der Waals surface area contributed by atoms with E-state index in [2.05, 4.69) is 10.1 Å². The maximum atomic E-state index is 12.6. The quantitative estimate of drug-likeness (QED) is 0.824. The Balaban J connectivity index is 1.62. The minimum atomic E-state index is -0.247. The van der Waals surface area contributed by atoms with Gasteiger partial charge < -0.3 is 10.0 Å². The zero-order valence-electron chi connectivity index (χ0n) is 11.0. The van der Waals surface area contributed by atoms with E-state index in [0.29, 0.717) is 18.0 Å². The normalized spacial score (nSPS) is 29.1. The van der Waals surface area contributed by atoms with Crippen LogP contribution in [-0.4, -0.2) is 49.7 Å². The van der Waals surface area contributed by atoms with Gasteiger partial charge in [0.05, 0.1) is 29.6 Å². The topological polar surface area (TPSA) is 70.7 Å². The number of hydrogen-bond acceptors (Lipinski definition) is 4. The molecule has 0 spiro atoms. The number of fused-ring (bicyclic) bond motifs is 2. The number of rotatable bonds is 1. The lowest BCUT2D eigenvalue weighted by atomic mass is 10.00. The Morgan fingerprint density at radius 1 is 1.30 bits per heavy atom. The minimum absolute atomic E-state index is 0.00500. The van der Waals surface area contributed by atoms with Crippen molar-refractivity contribution < 1.29 is 9.90 Å². The van der Waals surface area contributed by atoms with Crippen LogP contribution in [0.2, 0.25) is 0 Å². The zero-order chi connectivity index (χ0) is 13.7. The molecule has 1 aliphatic carbocycles. The van der Waals surface area contributed by atoms with Gasteiger partial charge in [-0.15, -0.1) is 0 Å². The second-order valence-corrected chi connectivity index (χ2v) is 5.74. The van der Waals surface area contributed by atoms with Crippen LogP contribution in [0.1, 0.15) is 23.2 Å². The summed E-state index contributed by atoms with van der Waals surface area (Å²) in [5.41, 5.74) is 1.32. The van der Waals surface area contributed by atoms with Gasteiger partial charge >= 0.3 is 0 Å². The maximum Gasteiger partial charge on any atom is 0.257 e. The van der Waals surface area contributed by atoms with Crippen LogP contribution >= 0.6 is 0 Å². The van der Waals surface area contributed by atoms with Crippen LogP contribution in [0.4, 0.5) is 0 Å². The summed E-state index contributed by atoms with van der Waals surface area (Å²) >= 11 is 0. The Bertz CT molecular complexity index is 668. The number of aliphatic hydroxyl groups is 1. The number of likely N-dealkylation sites (tertiary alicyclic amines) is 1. The van der Waals surface area contributed by atoms with Crippen molar-refractivity contribution in [3.05, 3.63) is 30.4 Å². The molecule has 6 nitrogen and oxygen atoms in total. The molecular weight excluding hydrogens is 256 g/mol. The van der Waals surface area contributed by atoms with Gasteiger partial charge in [-0.3, -0.25) is 9.78 Å². The Hall–Kier alpha value is -1.95. The molecule has 1 aliphatic heterocycles. The van der Waals surface area contributed by atoms with Crippen LogP contribution in [0.15, 0.2) is 24.8 Å². The molecule has 1 saturated heterocycles. The highest BCUT2D eigenvalue weighted by molar-refractivity contribution is 6.00. The highest BCUT2D eigenvalue weighted by atomic mass is 16.3. The van der Waals surface area contributed by atoms with Crippen LogP contribution in [0.25, 0.3) is 5.52 Å². The number of carbonyl (C=O) groups excluding carboxylic acids is 1. The third kappa shape index (κ3) is 1.64. The predicted octanol–water partition coefficient (Wildman–Crippen LogP) is 0.572. The lowest BCUT2D eigenvalue weighted by Gasteiger charge is -2.17. The molecule has 3 atom stereocenters. The van der Waals surface area contributed by atoms with Crippen molar-refractivity contribution in [1.82, 2.24) is 19.5 Å². The van der Waals surface area contributed by atoms with E-state index in [9.17, 15) is 9.90 Å². The summed E-state index contributed by atoms with van der Waals surface area (Å²) in [6.45, 7) is 1.40. The Morgan fingerprint density at radius 2 is 2.20 bits per heavy atom. The number of aliphatic hydroxyl groups excluding tert-OH is 1. The molecule has 2 aromatic rings. The first-order valence-electron chi connectivity index (χ1n) is 6.99. The third-order valence-electron chi connectivity index (χ3n) is 4.66. The van der Waals surface area contributed by atoms with E-state index in [1.807, 2.05) is 4.90 Å². The van der Waals surface area contributed by atoms with Gasteiger partial charge in [-0.25, -0.2) is 4.52 Å². The van der Waals surface area contributed by atoms with Crippen molar-refractivity contribution in [2.75, 3.05) is 13.1 Å². The second-order valence-electron chi connectivity index (χ2n) is 5.74. The highest BCUT2D eigenvalue weighted by Gasteiger charge is 2.43. The summed E-state index contributed by atoms with van der Waals surface area (Å²) in [5.74, 6) is 0.697. The van der Waals surface area contributed by atoms with Gasteiger partial charge in [0.15, 0.2) is 0 Å². The summed E-state index contributed by atoms with van der Waals surface area (Å²) in [6.07, 6.45) is 8.28. The van der Waals surface area contributed by atoms with Crippen molar-refractivity contribution in [2.45, 2.75) is 18.9 Å². The van der Waals surface area contributed by atoms with E-state index in [0.717, 1.165) is 24.9 Å². The molecule has 104 valence electrons. The van der Waals surface area contributed by atoms with Crippen LogP contribution in [0.3, 0.4) is 0 Å². The average Bonchev–Trinajstić information content (AvgIpc) is 3.14. The molecule has 20 heavy (non-hydrogen) atoms. The summed E-state index contributed by atoms with van der Waals surface area (Å²) in [6, 6.07) is 0. The molecule has 1 saturated carbocycles. The zero-order valence-corrected chi connectivity index (χ0v) is 11.0. The molecule has 3 unspecified atom stereocenters. The smallest absolute Gasteiger partial charge is 0.257 e. The number of hydrogen-bond donors (Lipinski definition) is 1. The fraction of sp³-hybridized carbons (Fsp3) is 0.500. The minimum Gasteiger partial charge on any atom is -0.393 e. The largest absolute Gasteiger partial charge is 0.393 e. The lowest BCUT2D eigenvalue weighted by molar-refractivity contribution is 0.0754. The molecule has 3 heterocycles. The highest BCUT2D eigenvalue weighted by Crippen LogP contribution is 2.38. The van der Waals surface area contributed by atoms with Gasteiger partial charge in [0.25, 0.3) is 5.91 Å². The SMILES string of the molecule is O=C(c1cnn2ccncc12)N1CC2CCC(O)C2C1. The van der Waals surface area contributed by atoms with Gasteiger partial charge in [0.1, 0.15) is 0 Å². The summed E-state index contributed by atoms with van der Waals surface area (Å²) in [5, 5.41) is 14.1. The first-order chi connectivity index (χ1) is 9.74. The van der Waals surface area contributed by atoms with Crippen LogP contribution in [0.5, 0.6) is 0 Å². The molecule has 0 aromatic carbocycles. The van der Waals surface area contributed by atoms with E-state index in [-0.39, 0.29) is 17.9 Å². The first kappa shape index (κ1) is 11.8. The summed E-state index contributed by atoms with van der Waals surface area (Å²) in [4.78, 5) is 18.5. The third-order valence-corrected chi connectivity index (χ3v) is 4.66. The molecule has 1 amide bonds. The Labute approximate surface area is 116 Å². The number of carbonyl (C=O) groups is 1. The summed E-state index contributed by atoms with van der Waals surface area (Å²) < 4.78 is 1.66. The van der Waals surface area contributed by atoms with Gasteiger partial charge in [0, 0.05) is 31.4 Å². The van der Waals surface area contributed by atoms with E-state index in [4.69, 9.17) is 0 Å². The van der Waals surface area contributed by atoms with Crippen molar-refractivity contribution in [3.63, 3.8) is 0 Å². The lowest BCUT2D eigenvalue weighted by Crippen LogP contribution is -2.31. The predicted molar refractivity (Wildman–Crippen MR) is 71.1 cm³/mol. The second kappa shape index (κ2) is 4.28. The number of amides is 1. The summed E-state index contributed by atoms with van der Waals surface area (Å²) in [7, 11) is 0. The van der Waals surface area contributed by atoms with Gasteiger partial charge in [-0.1, -0.05) is 0 Å². The molecule has 2 aliphatic rings. The van der Waals surface area contributed by atoms with Crippen LogP contribution in [-0.2, 0) is 0 Å². The van der Waals surface area contributed by atoms with E-state index in [1.54, 1.807) is 29.3 Å². The van der Waals surface area contributed by atoms with Crippen molar-refractivity contribution in [3.8, 4) is 0 Å². The van der Waals surface area contributed by atoms with Gasteiger partial charge in [0.2, 0.25) is 0 Å². The fourth-order valence-electron chi connectivity index (χ4n) is 3.57.